The zero-order valence-electron chi connectivity index (χ0n) is 9.29. The van der Waals surface area contributed by atoms with Crippen LogP contribution in [0.5, 0.6) is 0 Å². The highest BCUT2D eigenvalue weighted by atomic mass is 79.9. The van der Waals surface area contributed by atoms with Crippen LogP contribution in [0.25, 0.3) is 10.1 Å². The summed E-state index contributed by atoms with van der Waals surface area (Å²) >= 11 is 18.1. The maximum Gasteiger partial charge on any atom is 0.0757 e. The van der Waals surface area contributed by atoms with Gasteiger partial charge in [-0.1, -0.05) is 28.1 Å². The minimum absolute atomic E-state index is 0.201. The van der Waals surface area contributed by atoms with Crippen LogP contribution in [0.3, 0.4) is 0 Å². The molecule has 0 spiro atoms. The molecule has 0 saturated carbocycles. The molecule has 0 aliphatic rings. The largest absolute Gasteiger partial charge is 0.142 e. The second-order valence-electron chi connectivity index (χ2n) is 3.95. The van der Waals surface area contributed by atoms with Crippen molar-refractivity contribution in [2.24, 2.45) is 0 Å². The Labute approximate surface area is 152 Å². The van der Waals surface area contributed by atoms with Gasteiger partial charge in [0.2, 0.25) is 0 Å². The van der Waals surface area contributed by atoms with E-state index in [0.29, 0.717) is 0 Å². The fraction of sp³-hybridized carbons (Fsp3) is 0.0769. The molecular weight excluding hydrogens is 540 g/mol. The summed E-state index contributed by atoms with van der Waals surface area (Å²) in [6.07, 6.45) is 0. The van der Waals surface area contributed by atoms with E-state index in [2.05, 4.69) is 93.4 Å². The highest BCUT2D eigenvalue weighted by Crippen LogP contribution is 2.45. The summed E-state index contributed by atoms with van der Waals surface area (Å²) in [6.45, 7) is 0. The van der Waals surface area contributed by atoms with Crippen LogP contribution in [0.1, 0.15) is 16.0 Å². The molecule has 0 radical (unpaired) electrons. The van der Waals surface area contributed by atoms with Gasteiger partial charge in [0.05, 0.1) is 12.4 Å². The highest BCUT2D eigenvalue weighted by molar-refractivity contribution is 9.12. The first-order valence-corrected chi connectivity index (χ1v) is 10.3. The molecule has 0 N–H and O–H groups in total. The molecule has 0 fully saturated rings. The summed E-state index contributed by atoms with van der Waals surface area (Å²) in [5.41, 5.74) is 2.57. The van der Waals surface area contributed by atoms with Gasteiger partial charge < -0.3 is 0 Å². The van der Waals surface area contributed by atoms with E-state index >= 15 is 0 Å². The lowest BCUT2D eigenvalue weighted by Gasteiger charge is -2.08. The fourth-order valence-electron chi connectivity index (χ4n) is 1.93. The minimum Gasteiger partial charge on any atom is -0.142 e. The lowest BCUT2D eigenvalue weighted by Crippen LogP contribution is -1.89. The summed E-state index contributed by atoms with van der Waals surface area (Å²) in [4.78, 5) is 0.201. The van der Waals surface area contributed by atoms with Crippen LogP contribution < -0.4 is 0 Å². The lowest BCUT2D eigenvalue weighted by atomic mass is 10.1. The van der Waals surface area contributed by atoms with Crippen LogP contribution >= 0.6 is 86.4 Å². The van der Waals surface area contributed by atoms with E-state index in [9.17, 15) is 0 Å². The van der Waals surface area contributed by atoms with Gasteiger partial charge >= 0.3 is 0 Å². The van der Waals surface area contributed by atoms with E-state index < -0.39 is 0 Å². The maximum atomic E-state index is 3.83. The predicted octanol–water partition coefficient (Wildman–Crippen LogP) is 7.73. The molecule has 98 valence electrons. The van der Waals surface area contributed by atoms with Gasteiger partial charge in [-0.2, -0.15) is 0 Å². The molecule has 2 aromatic heterocycles. The van der Waals surface area contributed by atoms with Crippen molar-refractivity contribution < 1.29 is 0 Å². The highest BCUT2D eigenvalue weighted by Gasteiger charge is 2.20. The maximum absolute atomic E-state index is 3.83. The van der Waals surface area contributed by atoms with Crippen molar-refractivity contribution in [2.45, 2.75) is 4.83 Å². The topological polar surface area (TPSA) is 0 Å². The van der Waals surface area contributed by atoms with Crippen LogP contribution in [0.2, 0.25) is 0 Å². The minimum atomic E-state index is 0.201. The van der Waals surface area contributed by atoms with E-state index in [0.717, 1.165) is 12.0 Å². The fourth-order valence-corrected chi connectivity index (χ4v) is 7.86. The Morgan fingerprint density at radius 1 is 1.05 bits per heavy atom. The summed E-state index contributed by atoms with van der Waals surface area (Å²) in [5, 5.41) is 3.53. The first-order chi connectivity index (χ1) is 9.08. The predicted molar refractivity (Wildman–Crippen MR) is 100 cm³/mol. The summed E-state index contributed by atoms with van der Waals surface area (Å²) in [5.74, 6) is 0. The summed E-state index contributed by atoms with van der Waals surface area (Å²) in [6, 6.07) is 8.51. The van der Waals surface area contributed by atoms with Crippen molar-refractivity contribution in [1.29, 1.82) is 0 Å². The van der Waals surface area contributed by atoms with Crippen molar-refractivity contribution >= 4 is 96.5 Å². The average Bonchev–Trinajstić information content (AvgIpc) is 2.93. The zero-order valence-corrected chi connectivity index (χ0v) is 17.3. The van der Waals surface area contributed by atoms with E-state index in [1.807, 2.05) is 0 Å². The molecule has 0 aliphatic carbocycles. The number of thiophene rings is 2. The number of fused-ring (bicyclic) bond motifs is 1. The van der Waals surface area contributed by atoms with E-state index in [1.54, 1.807) is 22.7 Å². The van der Waals surface area contributed by atoms with Crippen LogP contribution in [0.15, 0.2) is 41.7 Å². The van der Waals surface area contributed by atoms with E-state index in [4.69, 9.17) is 0 Å². The van der Waals surface area contributed by atoms with Crippen molar-refractivity contribution in [3.63, 3.8) is 0 Å². The van der Waals surface area contributed by atoms with Gasteiger partial charge in [-0.05, 0) is 81.8 Å². The number of hydrogen-bond donors (Lipinski definition) is 0. The molecule has 0 bridgehead atoms. The van der Waals surface area contributed by atoms with E-state index in [1.165, 1.54) is 21.2 Å². The Balaban J connectivity index is 2.14. The van der Waals surface area contributed by atoms with Gasteiger partial charge in [0.1, 0.15) is 0 Å². The first-order valence-electron chi connectivity index (χ1n) is 5.32. The standard InChI is InChI=1S/C13H6Br4S2/c14-9-3-1-2-6-8(5-18-12(6)9)11(16)7-4-10(15)19-13(7)17/h1-5,11H. The third-order valence-corrected chi connectivity index (χ3v) is 8.15. The average molecular weight is 546 g/mol. The number of halogens is 4. The quantitative estimate of drug-likeness (QED) is 0.289. The molecule has 6 heteroatoms. The SMILES string of the molecule is Brc1cc(C(Br)c2csc3c(Br)cccc23)c(Br)s1. The molecular formula is C13H6Br4S2. The van der Waals surface area contributed by atoms with Crippen LogP contribution in [0, 0.1) is 0 Å². The van der Waals surface area contributed by atoms with Crippen molar-refractivity contribution in [1.82, 2.24) is 0 Å². The van der Waals surface area contributed by atoms with E-state index in [-0.39, 0.29) is 4.83 Å². The molecule has 19 heavy (non-hydrogen) atoms. The molecule has 0 aliphatic heterocycles. The van der Waals surface area contributed by atoms with Gasteiger partial charge in [-0.15, -0.1) is 22.7 Å². The third-order valence-electron chi connectivity index (χ3n) is 2.81. The number of rotatable bonds is 2. The molecule has 0 nitrogen and oxygen atoms in total. The molecule has 1 aromatic carbocycles. The molecule has 3 rings (SSSR count). The Bertz CT molecular complexity index is 744. The van der Waals surface area contributed by atoms with Crippen LogP contribution in [0.4, 0.5) is 0 Å². The van der Waals surface area contributed by atoms with Crippen molar-refractivity contribution in [3.05, 3.63) is 52.8 Å². The monoisotopic (exact) mass is 542 g/mol. The number of benzene rings is 1. The molecule has 1 atom stereocenters. The number of hydrogen-bond acceptors (Lipinski definition) is 2. The third kappa shape index (κ3) is 2.77. The summed E-state index contributed by atoms with van der Waals surface area (Å²) < 4.78 is 4.76. The zero-order chi connectivity index (χ0) is 13.6. The second-order valence-corrected chi connectivity index (χ2v) is 10.3. The lowest BCUT2D eigenvalue weighted by molar-refractivity contribution is 1.22. The van der Waals surface area contributed by atoms with Gasteiger partial charge in [-0.3, -0.25) is 0 Å². The first kappa shape index (κ1) is 14.7. The van der Waals surface area contributed by atoms with Crippen molar-refractivity contribution in [3.8, 4) is 0 Å². The molecule has 0 amide bonds. The Morgan fingerprint density at radius 3 is 2.53 bits per heavy atom. The van der Waals surface area contributed by atoms with Gasteiger partial charge in [0, 0.05) is 9.17 Å². The van der Waals surface area contributed by atoms with Crippen LogP contribution in [-0.4, -0.2) is 0 Å². The Morgan fingerprint density at radius 2 is 1.84 bits per heavy atom. The Kier molecular flexibility index (Phi) is 4.57. The molecule has 2 heterocycles. The summed E-state index contributed by atoms with van der Waals surface area (Å²) in [7, 11) is 0. The Hall–Kier alpha value is 0.800. The second kappa shape index (κ2) is 5.89. The van der Waals surface area contributed by atoms with Crippen molar-refractivity contribution in [2.75, 3.05) is 0 Å². The molecule has 1 unspecified atom stereocenters. The molecule has 0 saturated heterocycles. The smallest absolute Gasteiger partial charge is 0.0757 e. The number of alkyl halides is 1. The van der Waals surface area contributed by atoms with Crippen LogP contribution in [-0.2, 0) is 0 Å². The normalized spacial score (nSPS) is 13.1. The van der Waals surface area contributed by atoms with Gasteiger partial charge in [-0.25, -0.2) is 0 Å². The van der Waals surface area contributed by atoms with Gasteiger partial charge in [0.15, 0.2) is 0 Å². The molecule has 3 aromatic rings. The van der Waals surface area contributed by atoms with Gasteiger partial charge in [0.25, 0.3) is 0 Å².